The summed E-state index contributed by atoms with van der Waals surface area (Å²) >= 11 is 0. The van der Waals surface area contributed by atoms with Gasteiger partial charge in [-0.1, -0.05) is 120 Å². The number of anilines is 3. The third-order valence-corrected chi connectivity index (χ3v) is 17.5. The van der Waals surface area contributed by atoms with Crippen molar-refractivity contribution in [2.24, 2.45) is 17.4 Å². The predicted molar refractivity (Wildman–Crippen MR) is 364 cm³/mol. The Balaban J connectivity index is 0.956. The summed E-state index contributed by atoms with van der Waals surface area (Å²) in [6, 6.07) is -0.850. The van der Waals surface area contributed by atoms with Gasteiger partial charge in [0.05, 0.1) is 44.4 Å². The maximum atomic E-state index is 13.4. The Morgan fingerprint density at radius 3 is 1.55 bits per heavy atom. The zero-order valence-electron chi connectivity index (χ0n) is 57.1. The van der Waals surface area contributed by atoms with E-state index in [1.54, 1.807) is 15.6 Å². The van der Waals surface area contributed by atoms with E-state index < -0.39 is 12.0 Å². The SMILES string of the molecule is C#CCOCCOCCOCCNc1nc(N2CCN(C(=O)CCCCCCCCCCNC(=O)[C@@H](CCCCN)n3cc(CCCC(=O)O)nn3)CC2)nc(N2CCN(C(=O)CCCCCCCCCCNC(=O)[C@H]([C@@H](C)CC)n3cc(CCCCCN)nn3)CC2)n1. The number of carboxylic acid groups (broad SMARTS) is 1. The zero-order chi connectivity index (χ0) is 67.2. The Morgan fingerprint density at radius 1 is 0.553 bits per heavy atom. The number of aryl methyl sites for hydroxylation is 2. The molecule has 2 aliphatic rings. The number of nitrogens with one attached hydrogen (secondary N) is 3. The summed E-state index contributed by atoms with van der Waals surface area (Å²) in [5.74, 6) is 3.56. The molecule has 0 saturated carbocycles. The van der Waals surface area contributed by atoms with Gasteiger partial charge in [-0.2, -0.15) is 15.0 Å². The fraction of sp³-hybridized carbons (Fsp3) is 0.791. The van der Waals surface area contributed by atoms with Gasteiger partial charge in [0.25, 0.3) is 0 Å². The Kier molecular flexibility index (Phi) is 40.0. The van der Waals surface area contributed by atoms with E-state index in [1.165, 1.54) is 0 Å². The van der Waals surface area contributed by atoms with Gasteiger partial charge in [-0.15, -0.1) is 16.6 Å². The molecule has 8 N–H and O–H groups in total. The average molecular weight is 1320 g/mol. The molecule has 0 bridgehead atoms. The van der Waals surface area contributed by atoms with Gasteiger partial charge in [0.15, 0.2) is 0 Å². The number of unbranched alkanes of at least 4 members (excludes halogenated alkanes) is 17. The van der Waals surface area contributed by atoms with E-state index in [2.05, 4.69) is 66.1 Å². The fourth-order valence-corrected chi connectivity index (χ4v) is 11.6. The number of carbonyl (C=O) groups excluding carboxylic acids is 4. The standard InChI is InChI=1S/C67H116N18O9/c1-4-47-92-49-51-94-52-50-93-48-38-72-65-73-66(82-43-39-80(40-44-82)59(86)31-20-14-10-6-8-12-16-25-36-70-63(90)58(30-22-24-35-69)84-53-57(76-78-84)29-27-33-61(88)89)75-67(74-65)83-45-41-81(42-46-83)60(87)32-21-15-11-7-9-13-17-26-37-71-64(91)62(55(3)5-2)85-54-56(77-79-85)28-19-18-23-34-68/h1,53-55,58,62H,5-52,68-69H2,2-3H3,(H,70,90)(H,71,91)(H,88,89)(H,72,73,74,75)/t55-,58+,62-/m0/s1. The van der Waals surface area contributed by atoms with Crippen LogP contribution in [-0.4, -0.2) is 214 Å². The average Bonchev–Trinajstić information content (AvgIpc) is 1.37. The normalized spacial score (nSPS) is 14.4. The minimum atomic E-state index is -0.847. The lowest BCUT2D eigenvalue weighted by Gasteiger charge is -2.36. The number of aliphatic carboxylic acids is 1. The van der Waals surface area contributed by atoms with Crippen LogP contribution in [0.4, 0.5) is 17.8 Å². The molecule has 2 aliphatic heterocycles. The second kappa shape index (κ2) is 48.1. The molecule has 27 heteroatoms. The summed E-state index contributed by atoms with van der Waals surface area (Å²) in [5, 5.41) is 35.6. The van der Waals surface area contributed by atoms with Crippen molar-refractivity contribution in [3.63, 3.8) is 0 Å². The Bertz CT molecular complexity index is 2600. The summed E-state index contributed by atoms with van der Waals surface area (Å²) in [6.45, 7) is 14.3. The van der Waals surface area contributed by atoms with E-state index >= 15 is 0 Å². The molecule has 2 fully saturated rings. The zero-order valence-corrected chi connectivity index (χ0v) is 57.1. The molecule has 5 heterocycles. The Morgan fingerprint density at radius 2 is 1.02 bits per heavy atom. The third kappa shape index (κ3) is 31.3. The summed E-state index contributed by atoms with van der Waals surface area (Å²) < 4.78 is 20.0. The van der Waals surface area contributed by atoms with Crippen LogP contribution in [0.1, 0.15) is 211 Å². The van der Waals surface area contributed by atoms with Crippen molar-refractivity contribution in [3.8, 4) is 12.3 Å². The number of nitrogens with zero attached hydrogens (tertiary/aromatic N) is 13. The van der Waals surface area contributed by atoms with Crippen LogP contribution in [0.25, 0.3) is 0 Å². The summed E-state index contributed by atoms with van der Waals surface area (Å²) in [6.07, 6.45) is 34.5. The Hall–Kier alpha value is -6.60. The van der Waals surface area contributed by atoms with Crippen LogP contribution in [0.2, 0.25) is 0 Å². The lowest BCUT2D eigenvalue weighted by molar-refractivity contribution is -0.137. The van der Waals surface area contributed by atoms with Crippen LogP contribution in [0.3, 0.4) is 0 Å². The fourth-order valence-electron chi connectivity index (χ4n) is 11.6. The molecule has 27 nitrogen and oxygen atoms in total. The van der Waals surface area contributed by atoms with Crippen molar-refractivity contribution in [3.05, 3.63) is 23.8 Å². The van der Waals surface area contributed by atoms with Gasteiger partial charge in [0.2, 0.25) is 41.5 Å². The van der Waals surface area contributed by atoms with Crippen LogP contribution in [-0.2, 0) is 51.0 Å². The first-order chi connectivity index (χ1) is 45.9. The van der Waals surface area contributed by atoms with Crippen LogP contribution in [0.5, 0.6) is 0 Å². The number of piperazine rings is 2. The van der Waals surface area contributed by atoms with E-state index in [-0.39, 0.29) is 48.6 Å². The molecular weight excluding hydrogens is 1200 g/mol. The van der Waals surface area contributed by atoms with E-state index in [0.717, 1.165) is 153 Å². The molecule has 0 radical (unpaired) electrons. The highest BCUT2D eigenvalue weighted by Crippen LogP contribution is 2.24. The summed E-state index contributed by atoms with van der Waals surface area (Å²) in [5.41, 5.74) is 13.0. The quantitative estimate of drug-likeness (QED) is 0.0262. The topological polar surface area (TPSA) is 334 Å². The number of aromatic nitrogens is 9. The molecule has 0 unspecified atom stereocenters. The monoisotopic (exact) mass is 1320 g/mol. The molecule has 0 aliphatic carbocycles. The van der Waals surface area contributed by atoms with E-state index in [1.807, 2.05) is 16.0 Å². The largest absolute Gasteiger partial charge is 0.481 e. The molecule has 3 atom stereocenters. The van der Waals surface area contributed by atoms with Crippen molar-refractivity contribution in [1.82, 2.24) is 65.4 Å². The molecule has 2 saturated heterocycles. The van der Waals surface area contributed by atoms with Gasteiger partial charge in [-0.3, -0.25) is 24.0 Å². The second-order valence-corrected chi connectivity index (χ2v) is 25.0. The molecule has 528 valence electrons. The van der Waals surface area contributed by atoms with Crippen LogP contribution < -0.4 is 37.2 Å². The van der Waals surface area contributed by atoms with Crippen molar-refractivity contribution in [1.29, 1.82) is 0 Å². The summed E-state index contributed by atoms with van der Waals surface area (Å²) in [4.78, 5) is 87.1. The first-order valence-corrected chi connectivity index (χ1v) is 35.6. The van der Waals surface area contributed by atoms with Crippen molar-refractivity contribution >= 4 is 47.4 Å². The maximum Gasteiger partial charge on any atom is 0.303 e. The smallest absolute Gasteiger partial charge is 0.303 e. The van der Waals surface area contributed by atoms with E-state index in [4.69, 9.17) is 52.2 Å². The first kappa shape index (κ1) is 78.1. The minimum absolute atomic E-state index is 0.00876. The number of ether oxygens (including phenoxy) is 3. The van der Waals surface area contributed by atoms with E-state index in [0.29, 0.717) is 174 Å². The van der Waals surface area contributed by atoms with Gasteiger partial charge in [-0.05, 0) is 96.1 Å². The van der Waals surface area contributed by atoms with Gasteiger partial charge >= 0.3 is 5.97 Å². The lowest BCUT2D eigenvalue weighted by Crippen LogP contribution is -2.50. The molecule has 4 amide bonds. The molecular formula is C67H116N18O9. The number of hydrogen-bond donors (Lipinski definition) is 6. The molecule has 3 aromatic rings. The maximum absolute atomic E-state index is 13.4. The number of nitrogens with two attached hydrogens (primary N) is 2. The highest BCUT2D eigenvalue weighted by molar-refractivity contribution is 5.81. The molecule has 5 rings (SSSR count). The number of hydrogen-bond acceptors (Lipinski definition) is 20. The van der Waals surface area contributed by atoms with Gasteiger partial charge in [-0.25, -0.2) is 9.36 Å². The minimum Gasteiger partial charge on any atom is -0.481 e. The van der Waals surface area contributed by atoms with E-state index in [9.17, 15) is 24.0 Å². The Labute approximate surface area is 559 Å². The van der Waals surface area contributed by atoms with Crippen molar-refractivity contribution in [2.45, 2.75) is 212 Å². The molecule has 3 aromatic heterocycles. The van der Waals surface area contributed by atoms with Crippen LogP contribution in [0, 0.1) is 18.3 Å². The predicted octanol–water partition coefficient (Wildman–Crippen LogP) is 6.44. The number of carbonyl (C=O) groups is 5. The van der Waals surface area contributed by atoms with Gasteiger partial charge in [0, 0.05) is 104 Å². The molecule has 0 aromatic carbocycles. The highest BCUT2D eigenvalue weighted by atomic mass is 16.5. The number of terminal acetylenes is 1. The lowest BCUT2D eigenvalue weighted by atomic mass is 9.98. The van der Waals surface area contributed by atoms with Crippen LogP contribution >= 0.6 is 0 Å². The van der Waals surface area contributed by atoms with Crippen molar-refractivity contribution in [2.75, 3.05) is 140 Å². The number of carboxylic acids is 1. The number of rotatable bonds is 54. The number of amides is 4. The van der Waals surface area contributed by atoms with Crippen LogP contribution in [0.15, 0.2) is 12.4 Å². The summed E-state index contributed by atoms with van der Waals surface area (Å²) in [7, 11) is 0. The first-order valence-electron chi connectivity index (χ1n) is 35.6. The highest BCUT2D eigenvalue weighted by Gasteiger charge is 2.29. The van der Waals surface area contributed by atoms with Crippen molar-refractivity contribution < 1.29 is 43.3 Å². The molecule has 94 heavy (non-hydrogen) atoms. The third-order valence-electron chi connectivity index (χ3n) is 17.5. The van der Waals surface area contributed by atoms with Gasteiger partial charge in [0.1, 0.15) is 18.7 Å². The molecule has 0 spiro atoms. The van der Waals surface area contributed by atoms with Gasteiger partial charge < -0.3 is 66.3 Å². The second-order valence-electron chi connectivity index (χ2n) is 25.0.